The van der Waals surface area contributed by atoms with E-state index in [0.717, 1.165) is 28.3 Å². The number of amides is 1. The number of ether oxygens (including phenoxy) is 1. The van der Waals surface area contributed by atoms with Gasteiger partial charge in [0, 0.05) is 17.9 Å². The topological polar surface area (TPSA) is 54.1 Å². The molecule has 0 aliphatic heterocycles. The van der Waals surface area contributed by atoms with Gasteiger partial charge in [0.1, 0.15) is 5.75 Å². The lowest BCUT2D eigenvalue weighted by Gasteiger charge is -2.06. The van der Waals surface area contributed by atoms with Gasteiger partial charge < -0.3 is 15.0 Å². The van der Waals surface area contributed by atoms with Gasteiger partial charge >= 0.3 is 0 Å². The molecule has 0 aliphatic carbocycles. The SMILES string of the molecule is COc1cccc(CC(=O)NCc2cc(C)[nH]c2C)c1. The lowest BCUT2D eigenvalue weighted by molar-refractivity contribution is -0.120. The summed E-state index contributed by atoms with van der Waals surface area (Å²) in [5.74, 6) is 0.781. The van der Waals surface area contributed by atoms with Crippen LogP contribution in [-0.2, 0) is 17.8 Å². The van der Waals surface area contributed by atoms with Gasteiger partial charge in [0.2, 0.25) is 5.91 Å². The molecule has 0 atom stereocenters. The lowest BCUT2D eigenvalue weighted by Crippen LogP contribution is -2.24. The maximum atomic E-state index is 11.9. The summed E-state index contributed by atoms with van der Waals surface area (Å²) in [5.41, 5.74) is 4.29. The van der Waals surface area contributed by atoms with Crippen molar-refractivity contribution in [2.75, 3.05) is 7.11 Å². The number of hydrogen-bond donors (Lipinski definition) is 2. The predicted molar refractivity (Wildman–Crippen MR) is 78.8 cm³/mol. The first-order chi connectivity index (χ1) is 9.58. The fourth-order valence-corrected chi connectivity index (χ4v) is 2.19. The number of carbonyl (C=O) groups is 1. The molecule has 0 spiro atoms. The molecule has 1 aromatic heterocycles. The highest BCUT2D eigenvalue weighted by molar-refractivity contribution is 5.78. The first-order valence-corrected chi connectivity index (χ1v) is 6.63. The van der Waals surface area contributed by atoms with E-state index in [-0.39, 0.29) is 5.91 Å². The first kappa shape index (κ1) is 14.2. The molecule has 0 bridgehead atoms. The number of methoxy groups -OCH3 is 1. The third kappa shape index (κ3) is 3.63. The van der Waals surface area contributed by atoms with Crippen molar-refractivity contribution in [3.63, 3.8) is 0 Å². The first-order valence-electron chi connectivity index (χ1n) is 6.63. The minimum absolute atomic E-state index is 0.0107. The molecule has 0 aliphatic rings. The van der Waals surface area contributed by atoms with Crippen molar-refractivity contribution < 1.29 is 9.53 Å². The lowest BCUT2D eigenvalue weighted by atomic mass is 10.1. The average molecular weight is 272 g/mol. The second-order valence-electron chi connectivity index (χ2n) is 4.91. The van der Waals surface area contributed by atoms with E-state index >= 15 is 0 Å². The van der Waals surface area contributed by atoms with Gasteiger partial charge in [0.25, 0.3) is 0 Å². The summed E-state index contributed by atoms with van der Waals surface area (Å²) in [6, 6.07) is 9.62. The maximum Gasteiger partial charge on any atom is 0.224 e. The van der Waals surface area contributed by atoms with Crippen LogP contribution in [0.1, 0.15) is 22.5 Å². The van der Waals surface area contributed by atoms with Crippen LogP contribution in [0.25, 0.3) is 0 Å². The number of nitrogens with one attached hydrogen (secondary N) is 2. The van der Waals surface area contributed by atoms with E-state index in [9.17, 15) is 4.79 Å². The van der Waals surface area contributed by atoms with Crippen molar-refractivity contribution >= 4 is 5.91 Å². The fourth-order valence-electron chi connectivity index (χ4n) is 2.19. The highest BCUT2D eigenvalue weighted by atomic mass is 16.5. The number of hydrogen-bond acceptors (Lipinski definition) is 2. The van der Waals surface area contributed by atoms with E-state index in [2.05, 4.69) is 16.4 Å². The van der Waals surface area contributed by atoms with Gasteiger partial charge in [0.05, 0.1) is 13.5 Å². The standard InChI is InChI=1S/C16H20N2O2/c1-11-7-14(12(2)18-11)10-17-16(19)9-13-5-4-6-15(8-13)20-3/h4-8,18H,9-10H2,1-3H3,(H,17,19). The molecule has 4 heteroatoms. The second-order valence-corrected chi connectivity index (χ2v) is 4.91. The van der Waals surface area contributed by atoms with Gasteiger partial charge in [-0.3, -0.25) is 4.79 Å². The van der Waals surface area contributed by atoms with E-state index in [0.29, 0.717) is 13.0 Å². The van der Waals surface area contributed by atoms with Gasteiger partial charge in [-0.25, -0.2) is 0 Å². The summed E-state index contributed by atoms with van der Waals surface area (Å²) in [4.78, 5) is 15.2. The number of aromatic amines is 1. The zero-order chi connectivity index (χ0) is 14.5. The van der Waals surface area contributed by atoms with E-state index in [1.54, 1.807) is 7.11 Å². The Bertz CT molecular complexity index is 602. The largest absolute Gasteiger partial charge is 0.497 e. The summed E-state index contributed by atoms with van der Waals surface area (Å²) in [5, 5.41) is 2.94. The Labute approximate surface area is 119 Å². The summed E-state index contributed by atoms with van der Waals surface area (Å²) in [7, 11) is 1.62. The molecule has 2 rings (SSSR count). The second kappa shape index (κ2) is 6.28. The summed E-state index contributed by atoms with van der Waals surface area (Å²) in [6.45, 7) is 4.57. The highest BCUT2D eigenvalue weighted by Gasteiger charge is 2.06. The van der Waals surface area contributed by atoms with Gasteiger partial charge in [-0.05, 0) is 43.2 Å². The summed E-state index contributed by atoms with van der Waals surface area (Å²) < 4.78 is 5.15. The monoisotopic (exact) mass is 272 g/mol. The normalized spacial score (nSPS) is 10.3. The quantitative estimate of drug-likeness (QED) is 0.878. The molecule has 0 saturated carbocycles. The number of aromatic nitrogens is 1. The van der Waals surface area contributed by atoms with Crippen molar-refractivity contribution in [2.45, 2.75) is 26.8 Å². The minimum atomic E-state index is 0.0107. The molecule has 106 valence electrons. The smallest absolute Gasteiger partial charge is 0.224 e. The molecular weight excluding hydrogens is 252 g/mol. The van der Waals surface area contributed by atoms with Crippen LogP contribution in [0.4, 0.5) is 0 Å². The number of H-pyrrole nitrogens is 1. The van der Waals surface area contributed by atoms with Crippen LogP contribution >= 0.6 is 0 Å². The zero-order valence-corrected chi connectivity index (χ0v) is 12.1. The van der Waals surface area contributed by atoms with Gasteiger partial charge in [-0.2, -0.15) is 0 Å². The number of rotatable bonds is 5. The third-order valence-electron chi connectivity index (χ3n) is 3.23. The molecule has 0 saturated heterocycles. The molecular formula is C16H20N2O2. The Balaban J connectivity index is 1.90. The van der Waals surface area contributed by atoms with Crippen LogP contribution in [0.2, 0.25) is 0 Å². The van der Waals surface area contributed by atoms with Crippen LogP contribution < -0.4 is 10.1 Å². The van der Waals surface area contributed by atoms with Crippen molar-refractivity contribution in [2.24, 2.45) is 0 Å². The van der Waals surface area contributed by atoms with Crippen molar-refractivity contribution in [3.05, 3.63) is 52.8 Å². The Hall–Kier alpha value is -2.23. The third-order valence-corrected chi connectivity index (χ3v) is 3.23. The number of benzene rings is 1. The van der Waals surface area contributed by atoms with Crippen molar-refractivity contribution in [3.8, 4) is 5.75 Å². The van der Waals surface area contributed by atoms with Gasteiger partial charge in [-0.1, -0.05) is 12.1 Å². The van der Waals surface area contributed by atoms with Crippen LogP contribution in [0, 0.1) is 13.8 Å². The van der Waals surface area contributed by atoms with Crippen LogP contribution in [0.15, 0.2) is 30.3 Å². The fraction of sp³-hybridized carbons (Fsp3) is 0.312. The van der Waals surface area contributed by atoms with E-state index in [1.807, 2.05) is 38.1 Å². The molecule has 0 unspecified atom stereocenters. The van der Waals surface area contributed by atoms with Crippen LogP contribution in [0.3, 0.4) is 0 Å². The Morgan fingerprint density at radius 3 is 2.75 bits per heavy atom. The molecule has 20 heavy (non-hydrogen) atoms. The van der Waals surface area contributed by atoms with Crippen LogP contribution in [0.5, 0.6) is 5.75 Å². The van der Waals surface area contributed by atoms with E-state index < -0.39 is 0 Å². The zero-order valence-electron chi connectivity index (χ0n) is 12.1. The molecule has 1 heterocycles. The minimum Gasteiger partial charge on any atom is -0.497 e. The Kier molecular flexibility index (Phi) is 4.45. The highest BCUT2D eigenvalue weighted by Crippen LogP contribution is 2.13. The Morgan fingerprint density at radius 1 is 1.30 bits per heavy atom. The molecule has 1 aromatic carbocycles. The number of carbonyl (C=O) groups excluding carboxylic acids is 1. The molecule has 1 amide bonds. The Morgan fingerprint density at radius 2 is 2.10 bits per heavy atom. The van der Waals surface area contributed by atoms with E-state index in [4.69, 9.17) is 4.74 Å². The molecule has 4 nitrogen and oxygen atoms in total. The van der Waals surface area contributed by atoms with E-state index in [1.165, 1.54) is 0 Å². The van der Waals surface area contributed by atoms with Gasteiger partial charge in [0.15, 0.2) is 0 Å². The molecule has 2 aromatic rings. The van der Waals surface area contributed by atoms with Gasteiger partial charge in [-0.15, -0.1) is 0 Å². The molecule has 0 fully saturated rings. The summed E-state index contributed by atoms with van der Waals surface area (Å²) >= 11 is 0. The van der Waals surface area contributed by atoms with Crippen LogP contribution in [-0.4, -0.2) is 18.0 Å². The van der Waals surface area contributed by atoms with Crippen molar-refractivity contribution in [1.82, 2.24) is 10.3 Å². The van der Waals surface area contributed by atoms with Crippen molar-refractivity contribution in [1.29, 1.82) is 0 Å². The predicted octanol–water partition coefficient (Wildman–Crippen LogP) is 2.50. The summed E-state index contributed by atoms with van der Waals surface area (Å²) in [6.07, 6.45) is 0.361. The average Bonchev–Trinajstić information content (AvgIpc) is 2.75. The molecule has 0 radical (unpaired) electrons. The molecule has 2 N–H and O–H groups in total. The number of aryl methyl sites for hydroxylation is 2. The maximum absolute atomic E-state index is 11.9.